The first-order valence-corrected chi connectivity index (χ1v) is 7.37. The Hall–Kier alpha value is -2.61. The number of carbonyl (C=O) groups is 1. The Morgan fingerprint density at radius 2 is 2.09 bits per heavy atom. The van der Waals surface area contributed by atoms with E-state index in [0.717, 1.165) is 23.1 Å². The van der Waals surface area contributed by atoms with Gasteiger partial charge in [-0.15, -0.1) is 0 Å². The van der Waals surface area contributed by atoms with Crippen LogP contribution in [0.5, 0.6) is 0 Å². The van der Waals surface area contributed by atoms with Gasteiger partial charge in [-0.05, 0) is 31.0 Å². The summed E-state index contributed by atoms with van der Waals surface area (Å²) in [4.78, 5) is 14.1. The number of aromatic amines is 1. The molecule has 0 bridgehead atoms. The molecule has 22 heavy (non-hydrogen) atoms. The second-order valence-electron chi connectivity index (χ2n) is 5.40. The van der Waals surface area contributed by atoms with Crippen LogP contribution >= 0.6 is 0 Å². The highest BCUT2D eigenvalue weighted by Gasteiger charge is 2.14. The zero-order valence-electron chi connectivity index (χ0n) is 13.2. The number of nitrogens with zero attached hydrogens (tertiary/aromatic N) is 1. The molecule has 0 atom stereocenters. The highest BCUT2D eigenvalue weighted by Crippen LogP contribution is 2.21. The van der Waals surface area contributed by atoms with Crippen molar-refractivity contribution >= 4 is 22.6 Å². The molecule has 1 heterocycles. The number of nitrogens with one attached hydrogen (secondary N) is 3. The largest absolute Gasteiger partial charge is 0.356 e. The van der Waals surface area contributed by atoms with Crippen molar-refractivity contribution < 1.29 is 9.78 Å². The predicted octanol–water partition coefficient (Wildman–Crippen LogP) is 2.08. The Kier molecular flexibility index (Phi) is 4.95. The van der Waals surface area contributed by atoms with Gasteiger partial charge in [-0.1, -0.05) is 12.1 Å². The van der Waals surface area contributed by atoms with E-state index in [1.54, 1.807) is 0 Å². The zero-order chi connectivity index (χ0) is 16.1. The Balaban J connectivity index is 2.19. The van der Waals surface area contributed by atoms with Gasteiger partial charge in [0, 0.05) is 25.3 Å². The van der Waals surface area contributed by atoms with Crippen molar-refractivity contribution in [3.05, 3.63) is 34.9 Å². The number of nitriles is 1. The third-order valence-corrected chi connectivity index (χ3v) is 3.74. The van der Waals surface area contributed by atoms with Crippen molar-refractivity contribution in [3.63, 3.8) is 0 Å². The lowest BCUT2D eigenvalue weighted by atomic mass is 10.0. The molecule has 0 aliphatic rings. The lowest BCUT2D eigenvalue weighted by Gasteiger charge is -2.07. The summed E-state index contributed by atoms with van der Waals surface area (Å²) in [6.45, 7) is 6.95. The molecule has 0 unspecified atom stereocenters. The van der Waals surface area contributed by atoms with E-state index >= 15 is 0 Å². The average Bonchev–Trinajstić information content (AvgIpc) is 2.50. The molecule has 0 aliphatic carbocycles. The van der Waals surface area contributed by atoms with E-state index in [0.29, 0.717) is 18.7 Å². The number of hydrogen-bond donors (Lipinski definition) is 2. The molecule has 5 nitrogen and oxygen atoms in total. The Morgan fingerprint density at radius 3 is 2.77 bits per heavy atom. The van der Waals surface area contributed by atoms with Gasteiger partial charge in [0.15, 0.2) is 0 Å². The summed E-state index contributed by atoms with van der Waals surface area (Å²) in [5.74, 6) is 0.701. The highest BCUT2D eigenvalue weighted by molar-refractivity contribution is 5.82. The minimum atomic E-state index is -0.0268. The number of hydrogen-bond acceptors (Lipinski definition) is 3. The second-order valence-corrected chi connectivity index (χ2v) is 5.40. The summed E-state index contributed by atoms with van der Waals surface area (Å²) in [6.07, 6.45) is 0.795. The summed E-state index contributed by atoms with van der Waals surface area (Å²) in [5.41, 5.74) is 4.03. The molecule has 0 saturated heterocycles. The SMILES string of the molecule is CC(=O)NCCCNc1[nH+]c2c(C)c(C)ccc2cc1C#N. The van der Waals surface area contributed by atoms with Crippen LogP contribution in [0.25, 0.3) is 10.9 Å². The van der Waals surface area contributed by atoms with Gasteiger partial charge in [-0.2, -0.15) is 5.26 Å². The molecule has 1 aromatic heterocycles. The number of H-pyrrole nitrogens is 1. The molecule has 0 fully saturated rings. The summed E-state index contributed by atoms with van der Waals surface area (Å²) < 4.78 is 0. The smallest absolute Gasteiger partial charge is 0.290 e. The third kappa shape index (κ3) is 3.53. The molecule has 0 aliphatic heterocycles. The standard InChI is InChI=1S/C17H20N4O/c1-11-5-6-14-9-15(10-18)17(21-16(14)12(11)2)20-8-4-7-19-13(3)22/h5-6,9H,4,7-8H2,1-3H3,(H,19,22)(H,20,21)/p+1. The predicted molar refractivity (Wildman–Crippen MR) is 86.5 cm³/mol. The van der Waals surface area contributed by atoms with Crippen molar-refractivity contribution in [2.24, 2.45) is 0 Å². The number of fused-ring (bicyclic) bond motifs is 1. The van der Waals surface area contributed by atoms with Crippen LogP contribution in [0, 0.1) is 25.2 Å². The fraction of sp³-hybridized carbons (Fsp3) is 0.353. The number of rotatable bonds is 5. The maximum Gasteiger partial charge on any atom is 0.290 e. The number of anilines is 1. The van der Waals surface area contributed by atoms with Crippen LogP contribution in [0.4, 0.5) is 5.82 Å². The molecule has 0 radical (unpaired) electrons. The van der Waals surface area contributed by atoms with Gasteiger partial charge in [0.25, 0.3) is 5.82 Å². The molecule has 114 valence electrons. The normalized spacial score (nSPS) is 10.3. The maximum atomic E-state index is 10.8. The van der Waals surface area contributed by atoms with E-state index in [2.05, 4.69) is 41.6 Å². The molecular formula is C17H21N4O+. The Bertz CT molecular complexity index is 746. The van der Waals surface area contributed by atoms with E-state index in [9.17, 15) is 10.1 Å². The number of carbonyl (C=O) groups excluding carboxylic acids is 1. The van der Waals surface area contributed by atoms with E-state index in [1.165, 1.54) is 18.1 Å². The minimum absolute atomic E-state index is 0.0268. The molecule has 3 N–H and O–H groups in total. The van der Waals surface area contributed by atoms with Crippen molar-refractivity contribution in [1.82, 2.24) is 5.32 Å². The van der Waals surface area contributed by atoms with Crippen LogP contribution in [0.3, 0.4) is 0 Å². The summed E-state index contributed by atoms with van der Waals surface area (Å²) >= 11 is 0. The van der Waals surface area contributed by atoms with E-state index in [1.807, 2.05) is 12.1 Å². The fourth-order valence-electron chi connectivity index (χ4n) is 2.34. The van der Waals surface area contributed by atoms with Crippen molar-refractivity contribution in [2.45, 2.75) is 27.2 Å². The molecule has 1 amide bonds. The fourth-order valence-corrected chi connectivity index (χ4v) is 2.34. The Labute approximate surface area is 130 Å². The summed E-state index contributed by atoms with van der Waals surface area (Å²) in [6, 6.07) is 8.20. The van der Waals surface area contributed by atoms with Crippen molar-refractivity contribution in [2.75, 3.05) is 18.4 Å². The lowest BCUT2D eigenvalue weighted by Crippen LogP contribution is -2.24. The zero-order valence-corrected chi connectivity index (χ0v) is 13.2. The second kappa shape index (κ2) is 6.90. The molecule has 2 aromatic rings. The van der Waals surface area contributed by atoms with Crippen LogP contribution in [-0.2, 0) is 4.79 Å². The average molecular weight is 297 g/mol. The minimum Gasteiger partial charge on any atom is -0.356 e. The number of benzene rings is 1. The first kappa shape index (κ1) is 15.8. The summed E-state index contributed by atoms with van der Waals surface area (Å²) in [5, 5.41) is 16.3. The van der Waals surface area contributed by atoms with Gasteiger partial charge < -0.3 is 5.32 Å². The van der Waals surface area contributed by atoms with Crippen molar-refractivity contribution in [1.29, 1.82) is 5.26 Å². The lowest BCUT2D eigenvalue weighted by molar-refractivity contribution is -0.328. The monoisotopic (exact) mass is 297 g/mol. The van der Waals surface area contributed by atoms with Crippen LogP contribution in [-0.4, -0.2) is 19.0 Å². The van der Waals surface area contributed by atoms with Crippen LogP contribution in [0.15, 0.2) is 18.2 Å². The molecule has 1 aromatic carbocycles. The van der Waals surface area contributed by atoms with Gasteiger partial charge in [-0.25, -0.2) is 4.98 Å². The number of aromatic nitrogens is 1. The van der Waals surface area contributed by atoms with E-state index in [-0.39, 0.29) is 5.91 Å². The molecule has 2 rings (SSSR count). The van der Waals surface area contributed by atoms with Gasteiger partial charge in [0.2, 0.25) is 5.91 Å². The Morgan fingerprint density at radius 1 is 1.32 bits per heavy atom. The first-order valence-electron chi connectivity index (χ1n) is 7.37. The van der Waals surface area contributed by atoms with E-state index < -0.39 is 0 Å². The quantitative estimate of drug-likeness (QED) is 0.829. The van der Waals surface area contributed by atoms with Crippen molar-refractivity contribution in [3.8, 4) is 6.07 Å². The maximum absolute atomic E-state index is 10.8. The highest BCUT2D eigenvalue weighted by atomic mass is 16.1. The van der Waals surface area contributed by atoms with Gasteiger partial charge in [0.1, 0.15) is 17.1 Å². The number of amides is 1. The molecular weight excluding hydrogens is 276 g/mol. The number of aryl methyl sites for hydroxylation is 2. The number of pyridine rings is 1. The summed E-state index contributed by atoms with van der Waals surface area (Å²) in [7, 11) is 0. The van der Waals surface area contributed by atoms with Crippen LogP contribution in [0.2, 0.25) is 0 Å². The van der Waals surface area contributed by atoms with E-state index in [4.69, 9.17) is 0 Å². The van der Waals surface area contributed by atoms with Gasteiger partial charge in [0.05, 0.1) is 6.54 Å². The first-order chi connectivity index (χ1) is 10.5. The van der Waals surface area contributed by atoms with Crippen LogP contribution < -0.4 is 15.6 Å². The molecule has 5 heteroatoms. The van der Waals surface area contributed by atoms with Gasteiger partial charge >= 0.3 is 0 Å². The van der Waals surface area contributed by atoms with Crippen LogP contribution in [0.1, 0.15) is 30.0 Å². The third-order valence-electron chi connectivity index (χ3n) is 3.74. The molecule has 0 spiro atoms. The van der Waals surface area contributed by atoms with Gasteiger partial charge in [-0.3, -0.25) is 10.1 Å². The molecule has 0 saturated carbocycles. The topological polar surface area (TPSA) is 79.1 Å².